The van der Waals surface area contributed by atoms with Crippen molar-refractivity contribution in [2.24, 2.45) is 17.3 Å². The molecule has 2 nitrogen and oxygen atoms in total. The Labute approximate surface area is 79.6 Å². The van der Waals surface area contributed by atoms with Gasteiger partial charge in [-0.1, -0.05) is 20.8 Å². The van der Waals surface area contributed by atoms with Crippen LogP contribution in [0.5, 0.6) is 0 Å². The van der Waals surface area contributed by atoms with E-state index in [1.54, 1.807) is 0 Å². The van der Waals surface area contributed by atoms with E-state index in [-0.39, 0.29) is 5.60 Å². The van der Waals surface area contributed by atoms with Crippen molar-refractivity contribution in [2.45, 2.75) is 45.5 Å². The van der Waals surface area contributed by atoms with E-state index in [9.17, 15) is 0 Å². The molecule has 0 aromatic heterocycles. The molecular formula is C11H18O2. The third-order valence-corrected chi connectivity index (χ3v) is 5.12. The highest BCUT2D eigenvalue weighted by Gasteiger charge is 2.80. The Morgan fingerprint density at radius 2 is 1.85 bits per heavy atom. The summed E-state index contributed by atoms with van der Waals surface area (Å²) in [5.74, 6) is 1.41. The molecule has 1 spiro atoms. The first kappa shape index (κ1) is 8.25. The fourth-order valence-corrected chi connectivity index (χ4v) is 4.01. The van der Waals surface area contributed by atoms with Crippen molar-refractivity contribution in [1.29, 1.82) is 0 Å². The molecule has 3 rings (SSSR count). The normalized spacial score (nSPS) is 69.2. The lowest BCUT2D eigenvalue weighted by molar-refractivity contribution is -0.361. The first-order chi connectivity index (χ1) is 6.04. The Kier molecular flexibility index (Phi) is 1.24. The molecule has 1 aliphatic carbocycles. The SMILES string of the molecule is CC1O[C@]23C(C)C(C)C2(C)COC13. The van der Waals surface area contributed by atoms with Crippen LogP contribution >= 0.6 is 0 Å². The van der Waals surface area contributed by atoms with Gasteiger partial charge in [0.25, 0.3) is 0 Å². The average molecular weight is 182 g/mol. The summed E-state index contributed by atoms with van der Waals surface area (Å²) in [4.78, 5) is 0. The summed E-state index contributed by atoms with van der Waals surface area (Å²) in [5, 5.41) is 0. The lowest BCUT2D eigenvalue weighted by Crippen LogP contribution is -2.79. The highest BCUT2D eigenvalue weighted by Crippen LogP contribution is 2.70. The molecule has 2 heteroatoms. The molecular weight excluding hydrogens is 164 g/mol. The number of rotatable bonds is 0. The smallest absolute Gasteiger partial charge is 0.113 e. The van der Waals surface area contributed by atoms with Gasteiger partial charge in [-0.2, -0.15) is 0 Å². The maximum atomic E-state index is 6.01. The monoisotopic (exact) mass is 182 g/mol. The van der Waals surface area contributed by atoms with E-state index in [2.05, 4.69) is 27.7 Å². The summed E-state index contributed by atoms with van der Waals surface area (Å²) < 4.78 is 11.9. The van der Waals surface area contributed by atoms with Crippen LogP contribution in [0.4, 0.5) is 0 Å². The second-order valence-corrected chi connectivity index (χ2v) is 5.34. The molecule has 3 fully saturated rings. The number of hydrogen-bond donors (Lipinski definition) is 0. The maximum absolute atomic E-state index is 6.01. The van der Waals surface area contributed by atoms with E-state index in [0.717, 1.165) is 12.5 Å². The minimum atomic E-state index is 0.0891. The fraction of sp³-hybridized carbons (Fsp3) is 1.00. The Morgan fingerprint density at radius 3 is 2.46 bits per heavy atom. The van der Waals surface area contributed by atoms with Gasteiger partial charge in [-0.15, -0.1) is 0 Å². The Morgan fingerprint density at radius 1 is 1.15 bits per heavy atom. The van der Waals surface area contributed by atoms with Gasteiger partial charge < -0.3 is 9.47 Å². The summed E-state index contributed by atoms with van der Waals surface area (Å²) >= 11 is 0. The molecule has 6 atom stereocenters. The number of ether oxygens (including phenoxy) is 2. The maximum Gasteiger partial charge on any atom is 0.113 e. The standard InChI is InChI=1S/C11H18O2/c1-6-7(2)11-9(8(3)13-11)12-5-10(6,11)4/h6-9H,5H2,1-4H3/t6?,7?,8?,9?,10?,11-/m0/s1. The zero-order valence-electron chi connectivity index (χ0n) is 8.83. The summed E-state index contributed by atoms with van der Waals surface area (Å²) in [7, 11) is 0. The molecule has 0 amide bonds. The molecule has 1 saturated carbocycles. The lowest BCUT2D eigenvalue weighted by atomic mass is 9.43. The molecule has 0 radical (unpaired) electrons. The number of hydrogen-bond acceptors (Lipinski definition) is 2. The summed E-state index contributed by atoms with van der Waals surface area (Å²) in [5.41, 5.74) is 0.384. The second-order valence-electron chi connectivity index (χ2n) is 5.34. The van der Waals surface area contributed by atoms with E-state index in [1.807, 2.05) is 0 Å². The molecule has 74 valence electrons. The zero-order valence-corrected chi connectivity index (χ0v) is 8.83. The van der Waals surface area contributed by atoms with Gasteiger partial charge in [-0.25, -0.2) is 0 Å². The summed E-state index contributed by atoms with van der Waals surface area (Å²) in [6, 6.07) is 0. The van der Waals surface area contributed by atoms with Crippen LogP contribution < -0.4 is 0 Å². The van der Waals surface area contributed by atoms with Gasteiger partial charge in [-0.3, -0.25) is 0 Å². The molecule has 13 heavy (non-hydrogen) atoms. The van der Waals surface area contributed by atoms with Gasteiger partial charge in [0, 0.05) is 5.41 Å². The summed E-state index contributed by atoms with van der Waals surface area (Å²) in [6.07, 6.45) is 0.695. The van der Waals surface area contributed by atoms with Crippen LogP contribution in [-0.2, 0) is 9.47 Å². The van der Waals surface area contributed by atoms with E-state index in [1.165, 1.54) is 0 Å². The molecule has 0 aromatic carbocycles. The third kappa shape index (κ3) is 0.556. The zero-order chi connectivity index (χ0) is 9.43. The van der Waals surface area contributed by atoms with Crippen molar-refractivity contribution in [2.75, 3.05) is 6.61 Å². The first-order valence-electron chi connectivity index (χ1n) is 5.33. The molecule has 3 aliphatic rings. The van der Waals surface area contributed by atoms with Crippen molar-refractivity contribution in [3.8, 4) is 0 Å². The van der Waals surface area contributed by atoms with Crippen LogP contribution in [0.2, 0.25) is 0 Å². The van der Waals surface area contributed by atoms with Crippen LogP contribution in [0.1, 0.15) is 27.7 Å². The van der Waals surface area contributed by atoms with Crippen LogP contribution in [0.15, 0.2) is 0 Å². The molecule has 2 heterocycles. The van der Waals surface area contributed by atoms with Crippen molar-refractivity contribution >= 4 is 0 Å². The van der Waals surface area contributed by atoms with Gasteiger partial charge in [0.2, 0.25) is 0 Å². The van der Waals surface area contributed by atoms with Gasteiger partial charge >= 0.3 is 0 Å². The van der Waals surface area contributed by atoms with E-state index >= 15 is 0 Å². The van der Waals surface area contributed by atoms with Gasteiger partial charge in [-0.05, 0) is 18.8 Å². The first-order valence-corrected chi connectivity index (χ1v) is 5.33. The molecule has 2 aliphatic heterocycles. The lowest BCUT2D eigenvalue weighted by Gasteiger charge is -2.69. The Balaban J connectivity index is 2.00. The molecule has 0 bridgehead atoms. The Hall–Kier alpha value is -0.0800. The molecule has 2 saturated heterocycles. The van der Waals surface area contributed by atoms with Crippen molar-refractivity contribution in [1.82, 2.24) is 0 Å². The fourth-order valence-electron chi connectivity index (χ4n) is 4.01. The topological polar surface area (TPSA) is 18.5 Å². The van der Waals surface area contributed by atoms with E-state index in [4.69, 9.17) is 9.47 Å². The quantitative estimate of drug-likeness (QED) is 0.569. The average Bonchev–Trinajstić information content (AvgIpc) is 2.32. The van der Waals surface area contributed by atoms with Crippen LogP contribution in [0, 0.1) is 17.3 Å². The van der Waals surface area contributed by atoms with Crippen molar-refractivity contribution in [3.05, 3.63) is 0 Å². The van der Waals surface area contributed by atoms with Gasteiger partial charge in [0.05, 0.1) is 12.7 Å². The molecule has 5 unspecified atom stereocenters. The van der Waals surface area contributed by atoms with Crippen LogP contribution in [0.3, 0.4) is 0 Å². The highest BCUT2D eigenvalue weighted by atomic mass is 16.6. The van der Waals surface area contributed by atoms with E-state index < -0.39 is 0 Å². The van der Waals surface area contributed by atoms with E-state index in [0.29, 0.717) is 23.5 Å². The third-order valence-electron chi connectivity index (χ3n) is 5.12. The largest absolute Gasteiger partial charge is 0.372 e. The predicted octanol–water partition coefficient (Wildman–Crippen LogP) is 1.83. The molecule has 0 N–H and O–H groups in total. The summed E-state index contributed by atoms with van der Waals surface area (Å²) in [6.45, 7) is 9.97. The highest BCUT2D eigenvalue weighted by molar-refractivity contribution is 5.27. The Bertz CT molecular complexity index is 265. The second kappa shape index (κ2) is 1.96. The van der Waals surface area contributed by atoms with Gasteiger partial charge in [0.1, 0.15) is 11.7 Å². The van der Waals surface area contributed by atoms with Crippen molar-refractivity contribution < 1.29 is 9.47 Å². The van der Waals surface area contributed by atoms with Gasteiger partial charge in [0.15, 0.2) is 0 Å². The predicted molar refractivity (Wildman–Crippen MR) is 49.5 cm³/mol. The van der Waals surface area contributed by atoms with Crippen LogP contribution in [-0.4, -0.2) is 24.4 Å². The minimum Gasteiger partial charge on any atom is -0.372 e. The van der Waals surface area contributed by atoms with Crippen LogP contribution in [0.25, 0.3) is 0 Å². The minimum absolute atomic E-state index is 0.0891. The van der Waals surface area contributed by atoms with Crippen molar-refractivity contribution in [3.63, 3.8) is 0 Å². The molecule has 0 aromatic rings.